The van der Waals surface area contributed by atoms with E-state index < -0.39 is 0 Å². The second kappa shape index (κ2) is 8.79. The van der Waals surface area contributed by atoms with Crippen LogP contribution >= 0.6 is 11.3 Å². The highest BCUT2D eigenvalue weighted by Crippen LogP contribution is 2.32. The van der Waals surface area contributed by atoms with E-state index >= 15 is 0 Å². The van der Waals surface area contributed by atoms with Crippen molar-refractivity contribution < 1.29 is 5.11 Å². The highest BCUT2D eigenvalue weighted by Gasteiger charge is 2.13. The van der Waals surface area contributed by atoms with Gasteiger partial charge in [0.05, 0.1) is 16.3 Å². The molecule has 0 saturated carbocycles. The zero-order valence-electron chi connectivity index (χ0n) is 15.4. The normalized spacial score (nSPS) is 11.0. The molecular formula is C19H24N6OS. The summed E-state index contributed by atoms with van der Waals surface area (Å²) >= 11 is 1.55. The van der Waals surface area contributed by atoms with E-state index in [2.05, 4.69) is 39.4 Å². The van der Waals surface area contributed by atoms with E-state index in [1.54, 1.807) is 11.3 Å². The van der Waals surface area contributed by atoms with Crippen molar-refractivity contribution >= 4 is 28.1 Å². The van der Waals surface area contributed by atoms with Crippen LogP contribution in [0.15, 0.2) is 36.5 Å². The summed E-state index contributed by atoms with van der Waals surface area (Å²) in [7, 11) is 0. The van der Waals surface area contributed by atoms with Crippen LogP contribution in [0.25, 0.3) is 21.8 Å². The van der Waals surface area contributed by atoms with Crippen LogP contribution in [0.2, 0.25) is 0 Å². The number of aliphatic hydroxyl groups excluding tert-OH is 1. The number of anilines is 3. The molecule has 2 heterocycles. The number of aromatic nitrogens is 3. The molecule has 0 radical (unpaired) electrons. The number of aliphatic hydroxyl groups is 1. The first kappa shape index (κ1) is 19.1. The van der Waals surface area contributed by atoms with Gasteiger partial charge in [-0.3, -0.25) is 0 Å². The molecule has 3 rings (SSSR count). The van der Waals surface area contributed by atoms with Gasteiger partial charge in [-0.2, -0.15) is 0 Å². The monoisotopic (exact) mass is 384 g/mol. The Bertz CT molecular complexity index is 895. The molecule has 0 saturated heterocycles. The van der Waals surface area contributed by atoms with Crippen LogP contribution in [-0.2, 0) is 0 Å². The van der Waals surface area contributed by atoms with Gasteiger partial charge in [0.2, 0.25) is 5.95 Å². The Morgan fingerprint density at radius 2 is 1.96 bits per heavy atom. The maximum Gasteiger partial charge on any atom is 0.223 e. The van der Waals surface area contributed by atoms with Crippen LogP contribution in [-0.4, -0.2) is 39.3 Å². The van der Waals surface area contributed by atoms with E-state index in [1.807, 2.05) is 36.5 Å². The molecule has 0 fully saturated rings. The van der Waals surface area contributed by atoms with Crippen LogP contribution in [0.4, 0.5) is 16.8 Å². The number of benzene rings is 1. The SMILES string of the molecule is CC(C)Nc1ncc(-c2cc(-c3ccccc3N)nc(NCCCO)n2)s1. The largest absolute Gasteiger partial charge is 0.398 e. The second-order valence-corrected chi connectivity index (χ2v) is 7.41. The fraction of sp³-hybridized carbons (Fsp3) is 0.316. The summed E-state index contributed by atoms with van der Waals surface area (Å²) in [4.78, 5) is 14.6. The van der Waals surface area contributed by atoms with Gasteiger partial charge < -0.3 is 21.5 Å². The molecule has 7 nitrogen and oxygen atoms in total. The first-order valence-electron chi connectivity index (χ1n) is 8.88. The molecule has 5 N–H and O–H groups in total. The molecule has 3 aromatic rings. The third kappa shape index (κ3) is 4.93. The number of thiazole rings is 1. The summed E-state index contributed by atoms with van der Waals surface area (Å²) in [5.74, 6) is 0.506. The molecule has 0 bridgehead atoms. The van der Waals surface area contributed by atoms with Crippen LogP contribution < -0.4 is 16.4 Å². The Morgan fingerprint density at radius 3 is 2.70 bits per heavy atom. The number of para-hydroxylation sites is 1. The quantitative estimate of drug-likeness (QED) is 0.348. The van der Waals surface area contributed by atoms with Crippen LogP contribution in [0.1, 0.15) is 20.3 Å². The molecule has 0 unspecified atom stereocenters. The van der Waals surface area contributed by atoms with E-state index in [0.717, 1.165) is 27.0 Å². The predicted molar refractivity (Wildman–Crippen MR) is 112 cm³/mol. The molecule has 0 spiro atoms. The highest BCUT2D eigenvalue weighted by molar-refractivity contribution is 7.18. The van der Waals surface area contributed by atoms with Crippen molar-refractivity contribution in [3.8, 4) is 21.8 Å². The van der Waals surface area contributed by atoms with Crippen molar-refractivity contribution in [1.82, 2.24) is 15.0 Å². The summed E-state index contributed by atoms with van der Waals surface area (Å²) in [6.45, 7) is 4.85. The van der Waals surface area contributed by atoms with E-state index in [1.165, 1.54) is 0 Å². The lowest BCUT2D eigenvalue weighted by Crippen LogP contribution is -2.08. The number of nitrogen functional groups attached to an aromatic ring is 1. The standard InChI is InChI=1S/C19H24N6OS/c1-12(2)23-19-22-11-17(27-19)16-10-15(13-6-3-4-7-14(13)20)24-18(25-16)21-8-5-9-26/h3-4,6-7,10-12,26H,5,8-9,20H2,1-2H3,(H,22,23)(H,21,24,25). The van der Waals surface area contributed by atoms with Gasteiger partial charge in [0.25, 0.3) is 0 Å². The Labute approximate surface area is 162 Å². The second-order valence-electron chi connectivity index (χ2n) is 6.38. The average molecular weight is 385 g/mol. The Morgan fingerprint density at radius 1 is 1.19 bits per heavy atom. The Hall–Kier alpha value is -2.71. The highest BCUT2D eigenvalue weighted by atomic mass is 32.1. The van der Waals surface area contributed by atoms with Gasteiger partial charge in [0.15, 0.2) is 5.13 Å². The van der Waals surface area contributed by atoms with Crippen molar-refractivity contribution in [1.29, 1.82) is 0 Å². The smallest absolute Gasteiger partial charge is 0.223 e. The summed E-state index contributed by atoms with van der Waals surface area (Å²) in [6, 6.07) is 9.86. The van der Waals surface area contributed by atoms with Crippen LogP contribution in [0.5, 0.6) is 0 Å². The molecular weight excluding hydrogens is 360 g/mol. The van der Waals surface area contributed by atoms with Crippen molar-refractivity contribution in [2.75, 3.05) is 29.5 Å². The van der Waals surface area contributed by atoms with Crippen molar-refractivity contribution in [2.45, 2.75) is 26.3 Å². The predicted octanol–water partition coefficient (Wildman–Crippen LogP) is 3.46. The molecule has 1 aromatic carbocycles. The fourth-order valence-corrected chi connectivity index (χ4v) is 3.43. The fourth-order valence-electron chi connectivity index (χ4n) is 2.51. The lowest BCUT2D eigenvalue weighted by molar-refractivity contribution is 0.292. The maximum absolute atomic E-state index is 9.01. The van der Waals surface area contributed by atoms with Gasteiger partial charge >= 0.3 is 0 Å². The number of nitrogens with zero attached hydrogens (tertiary/aromatic N) is 3. The first-order chi connectivity index (χ1) is 13.1. The molecule has 0 atom stereocenters. The van der Waals surface area contributed by atoms with Crippen molar-refractivity contribution in [3.05, 3.63) is 36.5 Å². The molecule has 2 aromatic heterocycles. The number of rotatable bonds is 8. The average Bonchev–Trinajstić information content (AvgIpc) is 3.10. The topological polar surface area (TPSA) is 109 Å². The minimum absolute atomic E-state index is 0.115. The van der Waals surface area contributed by atoms with Gasteiger partial charge in [-0.15, -0.1) is 0 Å². The van der Waals surface area contributed by atoms with E-state index in [4.69, 9.17) is 10.8 Å². The van der Waals surface area contributed by atoms with Gasteiger partial charge in [-0.05, 0) is 32.4 Å². The molecule has 0 aliphatic rings. The zero-order valence-corrected chi connectivity index (χ0v) is 16.3. The Balaban J connectivity index is 1.99. The van der Waals surface area contributed by atoms with Gasteiger partial charge in [0, 0.05) is 36.6 Å². The maximum atomic E-state index is 9.01. The molecule has 142 valence electrons. The molecule has 8 heteroatoms. The summed E-state index contributed by atoms with van der Waals surface area (Å²) in [6.07, 6.45) is 2.44. The minimum atomic E-state index is 0.115. The number of nitrogens with one attached hydrogen (secondary N) is 2. The first-order valence-corrected chi connectivity index (χ1v) is 9.70. The van der Waals surface area contributed by atoms with Crippen LogP contribution in [0.3, 0.4) is 0 Å². The van der Waals surface area contributed by atoms with E-state index in [9.17, 15) is 0 Å². The van der Waals surface area contributed by atoms with Gasteiger partial charge in [0.1, 0.15) is 0 Å². The Kier molecular flexibility index (Phi) is 6.20. The third-order valence-corrected chi connectivity index (χ3v) is 4.70. The third-order valence-electron chi connectivity index (χ3n) is 3.75. The van der Waals surface area contributed by atoms with Crippen LogP contribution in [0, 0.1) is 0 Å². The number of nitrogens with two attached hydrogens (primary N) is 1. The summed E-state index contributed by atoms with van der Waals surface area (Å²) < 4.78 is 0. The lowest BCUT2D eigenvalue weighted by Gasteiger charge is -2.10. The zero-order chi connectivity index (χ0) is 19.2. The number of hydrogen-bond acceptors (Lipinski definition) is 8. The van der Waals surface area contributed by atoms with Gasteiger partial charge in [-0.25, -0.2) is 15.0 Å². The molecule has 0 aliphatic heterocycles. The molecule has 0 aliphatic carbocycles. The van der Waals surface area contributed by atoms with E-state index in [-0.39, 0.29) is 6.61 Å². The van der Waals surface area contributed by atoms with Gasteiger partial charge in [-0.1, -0.05) is 29.5 Å². The van der Waals surface area contributed by atoms with E-state index in [0.29, 0.717) is 30.6 Å². The minimum Gasteiger partial charge on any atom is -0.398 e. The lowest BCUT2D eigenvalue weighted by atomic mass is 10.1. The summed E-state index contributed by atoms with van der Waals surface area (Å²) in [5.41, 5.74) is 9.19. The summed E-state index contributed by atoms with van der Waals surface area (Å²) in [5, 5.41) is 16.3. The van der Waals surface area contributed by atoms with Crippen molar-refractivity contribution in [2.24, 2.45) is 0 Å². The number of hydrogen-bond donors (Lipinski definition) is 4. The molecule has 27 heavy (non-hydrogen) atoms. The van der Waals surface area contributed by atoms with Crippen molar-refractivity contribution in [3.63, 3.8) is 0 Å². The molecule has 0 amide bonds.